The molecular formula is C16H15ClN4O2S. The van der Waals surface area contributed by atoms with Crippen LogP contribution in [0.25, 0.3) is 5.69 Å². The van der Waals surface area contributed by atoms with Gasteiger partial charge in [-0.15, -0.1) is 0 Å². The molecule has 3 aromatic rings. The fraction of sp³-hybridized carbons (Fsp3) is 0.188. The fourth-order valence-electron chi connectivity index (χ4n) is 2.04. The summed E-state index contributed by atoms with van der Waals surface area (Å²) in [5, 5.41) is 7.52. The number of aryl methyl sites for hydroxylation is 1. The Kier molecular flexibility index (Phi) is 4.92. The van der Waals surface area contributed by atoms with Gasteiger partial charge >= 0.3 is 0 Å². The van der Waals surface area contributed by atoms with E-state index in [9.17, 15) is 4.79 Å². The molecule has 0 fully saturated rings. The van der Waals surface area contributed by atoms with Crippen molar-refractivity contribution in [2.24, 2.45) is 0 Å². The van der Waals surface area contributed by atoms with E-state index in [1.54, 1.807) is 19.2 Å². The van der Waals surface area contributed by atoms with Gasteiger partial charge in [0.1, 0.15) is 5.76 Å². The number of hydrogen-bond donors (Lipinski definition) is 1. The maximum atomic E-state index is 12.3. The number of imidazole rings is 1. The first-order chi connectivity index (χ1) is 11.5. The van der Waals surface area contributed by atoms with E-state index >= 15 is 0 Å². The first-order valence-electron chi connectivity index (χ1n) is 7.23. The van der Waals surface area contributed by atoms with E-state index in [1.165, 1.54) is 11.8 Å². The molecule has 2 aromatic heterocycles. The summed E-state index contributed by atoms with van der Waals surface area (Å²) in [5.74, 6) is 0.883. The van der Waals surface area contributed by atoms with Gasteiger partial charge in [0.25, 0.3) is 0 Å². The number of amides is 1. The quantitative estimate of drug-likeness (QED) is 0.696. The van der Waals surface area contributed by atoms with Gasteiger partial charge in [-0.3, -0.25) is 9.36 Å². The summed E-state index contributed by atoms with van der Waals surface area (Å²) in [5.41, 5.74) is 0.930. The van der Waals surface area contributed by atoms with Gasteiger partial charge in [-0.05, 0) is 38.1 Å². The van der Waals surface area contributed by atoms with Gasteiger partial charge in [0.2, 0.25) is 5.91 Å². The van der Waals surface area contributed by atoms with Gasteiger partial charge in [0.15, 0.2) is 11.0 Å². The van der Waals surface area contributed by atoms with Crippen molar-refractivity contribution in [3.05, 3.63) is 53.5 Å². The molecule has 2 heterocycles. The van der Waals surface area contributed by atoms with Gasteiger partial charge in [0, 0.05) is 29.2 Å². The van der Waals surface area contributed by atoms with Gasteiger partial charge in [-0.2, -0.15) is 0 Å². The van der Waals surface area contributed by atoms with Gasteiger partial charge in [0.05, 0.1) is 5.25 Å². The monoisotopic (exact) mass is 362 g/mol. The highest BCUT2D eigenvalue weighted by Crippen LogP contribution is 2.26. The number of nitrogens with zero attached hydrogens (tertiary/aromatic N) is 3. The fourth-order valence-corrected chi connectivity index (χ4v) is 3.05. The average molecular weight is 363 g/mol. The maximum absolute atomic E-state index is 12.3. The summed E-state index contributed by atoms with van der Waals surface area (Å²) in [4.78, 5) is 16.6. The van der Waals surface area contributed by atoms with Gasteiger partial charge in [-0.1, -0.05) is 28.5 Å². The van der Waals surface area contributed by atoms with E-state index in [0.717, 1.165) is 10.8 Å². The molecule has 6 nitrogen and oxygen atoms in total. The SMILES string of the molecule is Cc1cc(NC(=O)[C@@H](C)Sc2nccn2-c2ccc(Cl)cc2)no1. The summed E-state index contributed by atoms with van der Waals surface area (Å²) in [7, 11) is 0. The Morgan fingerprint density at radius 2 is 2.12 bits per heavy atom. The van der Waals surface area contributed by atoms with E-state index in [-0.39, 0.29) is 11.2 Å². The minimum atomic E-state index is -0.351. The largest absolute Gasteiger partial charge is 0.360 e. The molecule has 24 heavy (non-hydrogen) atoms. The molecule has 0 aliphatic heterocycles. The minimum Gasteiger partial charge on any atom is -0.360 e. The molecule has 0 saturated carbocycles. The molecule has 3 rings (SSSR count). The number of anilines is 1. The second-order valence-corrected chi connectivity index (χ2v) is 6.87. The third-order valence-electron chi connectivity index (χ3n) is 3.24. The lowest BCUT2D eigenvalue weighted by Gasteiger charge is -2.12. The predicted molar refractivity (Wildman–Crippen MR) is 93.8 cm³/mol. The molecule has 1 amide bonds. The maximum Gasteiger partial charge on any atom is 0.238 e. The zero-order chi connectivity index (χ0) is 17.1. The molecule has 0 radical (unpaired) electrons. The average Bonchev–Trinajstić information content (AvgIpc) is 3.17. The van der Waals surface area contributed by atoms with Crippen molar-refractivity contribution in [2.75, 3.05) is 5.32 Å². The van der Waals surface area contributed by atoms with Crippen molar-refractivity contribution in [1.29, 1.82) is 0 Å². The van der Waals surface area contributed by atoms with E-state index in [2.05, 4.69) is 15.5 Å². The Hall–Kier alpha value is -2.25. The van der Waals surface area contributed by atoms with Crippen LogP contribution < -0.4 is 5.32 Å². The first-order valence-corrected chi connectivity index (χ1v) is 8.49. The Morgan fingerprint density at radius 3 is 2.79 bits per heavy atom. The van der Waals surface area contributed by atoms with Crippen molar-refractivity contribution >= 4 is 35.1 Å². The molecular weight excluding hydrogens is 348 g/mol. The van der Waals surface area contributed by atoms with Crippen LogP contribution in [0.2, 0.25) is 5.02 Å². The van der Waals surface area contributed by atoms with Crippen LogP contribution in [0.15, 0.2) is 52.4 Å². The van der Waals surface area contributed by atoms with Crippen LogP contribution in [-0.2, 0) is 4.79 Å². The molecule has 1 aromatic carbocycles. The Balaban J connectivity index is 1.70. The highest BCUT2D eigenvalue weighted by molar-refractivity contribution is 8.00. The molecule has 0 unspecified atom stereocenters. The summed E-state index contributed by atoms with van der Waals surface area (Å²) < 4.78 is 6.85. The van der Waals surface area contributed by atoms with Crippen molar-refractivity contribution < 1.29 is 9.32 Å². The van der Waals surface area contributed by atoms with Crippen LogP contribution in [0, 0.1) is 6.92 Å². The number of aromatic nitrogens is 3. The normalized spacial score (nSPS) is 12.1. The number of halogens is 1. The Morgan fingerprint density at radius 1 is 1.38 bits per heavy atom. The topological polar surface area (TPSA) is 73.0 Å². The molecule has 1 N–H and O–H groups in total. The number of benzene rings is 1. The predicted octanol–water partition coefficient (Wildman–Crippen LogP) is 3.94. The van der Waals surface area contributed by atoms with E-state index in [1.807, 2.05) is 42.0 Å². The van der Waals surface area contributed by atoms with Crippen molar-refractivity contribution in [2.45, 2.75) is 24.3 Å². The van der Waals surface area contributed by atoms with Crippen LogP contribution in [0.3, 0.4) is 0 Å². The summed E-state index contributed by atoms with van der Waals surface area (Å²) in [6.45, 7) is 3.58. The first kappa shape index (κ1) is 16.6. The molecule has 0 bridgehead atoms. The van der Waals surface area contributed by atoms with E-state index < -0.39 is 0 Å². The lowest BCUT2D eigenvalue weighted by atomic mass is 10.3. The van der Waals surface area contributed by atoms with Crippen LogP contribution in [0.1, 0.15) is 12.7 Å². The number of thioether (sulfide) groups is 1. The number of hydrogen-bond acceptors (Lipinski definition) is 5. The zero-order valence-electron chi connectivity index (χ0n) is 13.1. The smallest absolute Gasteiger partial charge is 0.238 e. The summed E-state index contributed by atoms with van der Waals surface area (Å²) >= 11 is 7.28. The molecule has 0 aliphatic rings. The zero-order valence-corrected chi connectivity index (χ0v) is 14.6. The summed E-state index contributed by atoms with van der Waals surface area (Å²) in [6.07, 6.45) is 3.54. The number of nitrogens with one attached hydrogen (secondary N) is 1. The van der Waals surface area contributed by atoms with Crippen molar-refractivity contribution in [1.82, 2.24) is 14.7 Å². The number of rotatable bonds is 5. The second-order valence-electron chi connectivity index (χ2n) is 5.13. The molecule has 0 spiro atoms. The van der Waals surface area contributed by atoms with Crippen molar-refractivity contribution in [3.8, 4) is 5.69 Å². The highest BCUT2D eigenvalue weighted by Gasteiger charge is 2.19. The minimum absolute atomic E-state index is 0.168. The number of carbonyl (C=O) groups is 1. The van der Waals surface area contributed by atoms with Gasteiger partial charge < -0.3 is 9.84 Å². The van der Waals surface area contributed by atoms with E-state index in [4.69, 9.17) is 16.1 Å². The second kappa shape index (κ2) is 7.11. The molecule has 0 saturated heterocycles. The van der Waals surface area contributed by atoms with Gasteiger partial charge in [-0.25, -0.2) is 4.98 Å². The molecule has 124 valence electrons. The Labute approximate surface area is 148 Å². The Bertz CT molecular complexity index is 844. The molecule has 1 atom stereocenters. The van der Waals surface area contributed by atoms with Crippen LogP contribution in [0.5, 0.6) is 0 Å². The van der Waals surface area contributed by atoms with Crippen LogP contribution in [0.4, 0.5) is 5.82 Å². The van der Waals surface area contributed by atoms with Crippen LogP contribution >= 0.6 is 23.4 Å². The molecule has 8 heteroatoms. The third-order valence-corrected chi connectivity index (χ3v) is 4.57. The highest BCUT2D eigenvalue weighted by atomic mass is 35.5. The van der Waals surface area contributed by atoms with E-state index in [0.29, 0.717) is 16.6 Å². The standard InChI is InChI=1S/C16H15ClN4O2S/c1-10-9-14(20-23-10)19-15(22)11(2)24-16-18-7-8-21(16)13-5-3-12(17)4-6-13/h3-9,11H,1-2H3,(H,19,20,22)/t11-/m1/s1. The van der Waals surface area contributed by atoms with Crippen molar-refractivity contribution in [3.63, 3.8) is 0 Å². The number of carbonyl (C=O) groups excluding carboxylic acids is 1. The molecule has 0 aliphatic carbocycles. The third kappa shape index (κ3) is 3.80. The lowest BCUT2D eigenvalue weighted by Crippen LogP contribution is -2.23. The lowest BCUT2D eigenvalue weighted by molar-refractivity contribution is -0.115. The van der Waals surface area contributed by atoms with Crippen LogP contribution in [-0.4, -0.2) is 25.9 Å². The summed E-state index contributed by atoms with van der Waals surface area (Å²) in [6, 6.07) is 9.10.